The van der Waals surface area contributed by atoms with E-state index in [4.69, 9.17) is 4.74 Å². The molecule has 4 nitrogen and oxygen atoms in total. The summed E-state index contributed by atoms with van der Waals surface area (Å²) in [6.07, 6.45) is 4.31. The van der Waals surface area contributed by atoms with Crippen molar-refractivity contribution in [1.82, 2.24) is 9.97 Å². The monoisotopic (exact) mass is 307 g/mol. The maximum atomic E-state index is 6.00. The average Bonchev–Trinajstić information content (AvgIpc) is 2.55. The number of anilines is 1. The van der Waals surface area contributed by atoms with E-state index in [0.29, 0.717) is 0 Å². The number of rotatable bonds is 6. The maximum Gasteiger partial charge on any atom is 0.129 e. The molecule has 1 aromatic heterocycles. The fourth-order valence-electron chi connectivity index (χ4n) is 2.55. The Labute approximate surface area is 136 Å². The Balaban J connectivity index is 1.79. The lowest BCUT2D eigenvalue weighted by Gasteiger charge is -2.16. The van der Waals surface area contributed by atoms with Crippen molar-refractivity contribution in [2.24, 2.45) is 0 Å². The van der Waals surface area contributed by atoms with Crippen LogP contribution in [-0.4, -0.2) is 22.6 Å². The average molecular weight is 307 g/mol. The van der Waals surface area contributed by atoms with Crippen LogP contribution in [0.25, 0.3) is 10.8 Å². The minimum absolute atomic E-state index is 0.157. The number of hydrogen-bond donors (Lipinski definition) is 1. The summed E-state index contributed by atoms with van der Waals surface area (Å²) >= 11 is 0. The van der Waals surface area contributed by atoms with Gasteiger partial charge < -0.3 is 10.1 Å². The van der Waals surface area contributed by atoms with Crippen LogP contribution in [0.1, 0.15) is 19.4 Å². The van der Waals surface area contributed by atoms with Crippen molar-refractivity contribution in [2.45, 2.75) is 26.4 Å². The Kier molecular flexibility index (Phi) is 4.71. The summed E-state index contributed by atoms with van der Waals surface area (Å²) in [5.74, 6) is 1.80. The quantitative estimate of drug-likeness (QED) is 0.745. The molecule has 1 N–H and O–H groups in total. The van der Waals surface area contributed by atoms with Gasteiger partial charge in [-0.05, 0) is 54.8 Å². The van der Waals surface area contributed by atoms with Crippen LogP contribution in [-0.2, 0) is 6.42 Å². The fourth-order valence-corrected chi connectivity index (χ4v) is 2.55. The van der Waals surface area contributed by atoms with Crippen molar-refractivity contribution in [3.05, 3.63) is 60.6 Å². The van der Waals surface area contributed by atoms with Crippen LogP contribution >= 0.6 is 0 Å². The SMILES string of the molecule is CC(C)Oc1cc2ccccc2cc1CCNc1ccncn1. The zero-order valence-corrected chi connectivity index (χ0v) is 13.5. The smallest absolute Gasteiger partial charge is 0.129 e. The van der Waals surface area contributed by atoms with E-state index >= 15 is 0 Å². The molecule has 4 heteroatoms. The van der Waals surface area contributed by atoms with Gasteiger partial charge in [0.25, 0.3) is 0 Å². The molecule has 0 aliphatic carbocycles. The lowest BCUT2D eigenvalue weighted by atomic mass is 10.0. The number of benzene rings is 2. The first-order chi connectivity index (χ1) is 11.2. The molecule has 0 saturated carbocycles. The Bertz CT molecular complexity index is 772. The highest BCUT2D eigenvalue weighted by Crippen LogP contribution is 2.27. The predicted molar refractivity (Wildman–Crippen MR) is 93.9 cm³/mol. The molecular weight excluding hydrogens is 286 g/mol. The highest BCUT2D eigenvalue weighted by molar-refractivity contribution is 5.85. The van der Waals surface area contributed by atoms with Crippen LogP contribution in [0.2, 0.25) is 0 Å². The van der Waals surface area contributed by atoms with E-state index < -0.39 is 0 Å². The Morgan fingerprint density at radius 3 is 2.57 bits per heavy atom. The molecule has 0 fully saturated rings. The molecule has 0 radical (unpaired) electrons. The van der Waals surface area contributed by atoms with Gasteiger partial charge in [-0.25, -0.2) is 9.97 Å². The molecule has 3 aromatic rings. The molecule has 0 amide bonds. The number of hydrogen-bond acceptors (Lipinski definition) is 4. The number of nitrogens with zero attached hydrogens (tertiary/aromatic N) is 2. The molecule has 2 aromatic carbocycles. The molecule has 0 saturated heterocycles. The molecule has 0 aliphatic rings. The van der Waals surface area contributed by atoms with Crippen molar-refractivity contribution >= 4 is 16.6 Å². The molecular formula is C19H21N3O. The van der Waals surface area contributed by atoms with Gasteiger partial charge >= 0.3 is 0 Å². The van der Waals surface area contributed by atoms with E-state index in [9.17, 15) is 0 Å². The topological polar surface area (TPSA) is 47.0 Å². The van der Waals surface area contributed by atoms with E-state index in [0.717, 1.165) is 24.5 Å². The first-order valence-corrected chi connectivity index (χ1v) is 7.90. The Hall–Kier alpha value is -2.62. The van der Waals surface area contributed by atoms with E-state index in [1.807, 2.05) is 6.07 Å². The van der Waals surface area contributed by atoms with Crippen LogP contribution in [0.15, 0.2) is 55.0 Å². The van der Waals surface area contributed by atoms with Gasteiger partial charge in [0.1, 0.15) is 17.9 Å². The van der Waals surface area contributed by atoms with Crippen molar-refractivity contribution in [3.8, 4) is 5.75 Å². The lowest BCUT2D eigenvalue weighted by molar-refractivity contribution is 0.240. The van der Waals surface area contributed by atoms with Crippen LogP contribution in [0.5, 0.6) is 5.75 Å². The van der Waals surface area contributed by atoms with Gasteiger partial charge in [0.15, 0.2) is 0 Å². The second kappa shape index (κ2) is 7.09. The molecule has 0 spiro atoms. The first kappa shape index (κ1) is 15.3. The largest absolute Gasteiger partial charge is 0.491 e. The lowest BCUT2D eigenvalue weighted by Crippen LogP contribution is -2.11. The molecule has 0 aliphatic heterocycles. The molecule has 0 atom stereocenters. The Morgan fingerprint density at radius 2 is 1.87 bits per heavy atom. The van der Waals surface area contributed by atoms with Gasteiger partial charge in [-0.1, -0.05) is 24.3 Å². The normalized spacial score (nSPS) is 10.9. The summed E-state index contributed by atoms with van der Waals surface area (Å²) in [7, 11) is 0. The maximum absolute atomic E-state index is 6.00. The first-order valence-electron chi connectivity index (χ1n) is 7.90. The van der Waals surface area contributed by atoms with Gasteiger partial charge in [-0.2, -0.15) is 0 Å². The van der Waals surface area contributed by atoms with E-state index in [1.165, 1.54) is 16.3 Å². The highest BCUT2D eigenvalue weighted by atomic mass is 16.5. The van der Waals surface area contributed by atoms with Gasteiger partial charge in [-0.3, -0.25) is 0 Å². The number of nitrogens with one attached hydrogen (secondary N) is 1. The predicted octanol–water partition coefficient (Wildman–Crippen LogP) is 4.07. The van der Waals surface area contributed by atoms with Gasteiger partial charge in [0.05, 0.1) is 6.10 Å². The van der Waals surface area contributed by atoms with Crippen molar-refractivity contribution in [3.63, 3.8) is 0 Å². The Morgan fingerprint density at radius 1 is 1.09 bits per heavy atom. The molecule has 0 unspecified atom stereocenters. The number of aromatic nitrogens is 2. The third kappa shape index (κ3) is 3.97. The summed E-state index contributed by atoms with van der Waals surface area (Å²) in [5.41, 5.74) is 1.21. The summed E-state index contributed by atoms with van der Waals surface area (Å²) in [6.45, 7) is 4.90. The van der Waals surface area contributed by atoms with Crippen LogP contribution in [0, 0.1) is 0 Å². The molecule has 118 valence electrons. The van der Waals surface area contributed by atoms with E-state index in [1.54, 1.807) is 12.5 Å². The fraction of sp³-hybridized carbons (Fsp3) is 0.263. The zero-order chi connectivity index (χ0) is 16.1. The van der Waals surface area contributed by atoms with Crippen molar-refractivity contribution in [1.29, 1.82) is 0 Å². The number of fused-ring (bicyclic) bond motifs is 1. The third-order valence-electron chi connectivity index (χ3n) is 3.57. The van der Waals surface area contributed by atoms with Gasteiger partial charge in [0, 0.05) is 12.7 Å². The van der Waals surface area contributed by atoms with Crippen LogP contribution in [0.4, 0.5) is 5.82 Å². The molecule has 0 bridgehead atoms. The van der Waals surface area contributed by atoms with Gasteiger partial charge in [-0.15, -0.1) is 0 Å². The number of ether oxygens (including phenoxy) is 1. The minimum atomic E-state index is 0.157. The molecule has 3 rings (SSSR count). The second-order valence-corrected chi connectivity index (χ2v) is 5.75. The second-order valence-electron chi connectivity index (χ2n) is 5.75. The molecule has 1 heterocycles. The van der Waals surface area contributed by atoms with Crippen molar-refractivity contribution < 1.29 is 4.74 Å². The summed E-state index contributed by atoms with van der Waals surface area (Å²) in [5, 5.41) is 5.76. The summed E-state index contributed by atoms with van der Waals surface area (Å²) < 4.78 is 6.00. The van der Waals surface area contributed by atoms with Crippen LogP contribution in [0.3, 0.4) is 0 Å². The highest BCUT2D eigenvalue weighted by Gasteiger charge is 2.08. The summed E-state index contributed by atoms with van der Waals surface area (Å²) in [6, 6.07) is 14.6. The van der Waals surface area contributed by atoms with Crippen LogP contribution < -0.4 is 10.1 Å². The zero-order valence-electron chi connectivity index (χ0n) is 13.5. The van der Waals surface area contributed by atoms with Crippen molar-refractivity contribution in [2.75, 3.05) is 11.9 Å². The minimum Gasteiger partial charge on any atom is -0.491 e. The third-order valence-corrected chi connectivity index (χ3v) is 3.57. The van der Waals surface area contributed by atoms with E-state index in [2.05, 4.69) is 65.5 Å². The van der Waals surface area contributed by atoms with E-state index in [-0.39, 0.29) is 6.10 Å². The molecule has 23 heavy (non-hydrogen) atoms. The van der Waals surface area contributed by atoms with Gasteiger partial charge in [0.2, 0.25) is 0 Å². The summed E-state index contributed by atoms with van der Waals surface area (Å²) in [4.78, 5) is 8.10. The standard InChI is InChI=1S/C19H21N3O/c1-14(2)23-18-12-16-6-4-3-5-15(16)11-17(18)7-10-21-19-8-9-20-13-22-19/h3-6,8-9,11-14H,7,10H2,1-2H3,(H,20,21,22).